The molecule has 2 rings (SSSR count). The van der Waals surface area contributed by atoms with E-state index in [0.29, 0.717) is 17.3 Å². The molecule has 0 bridgehead atoms. The van der Waals surface area contributed by atoms with Gasteiger partial charge in [0, 0.05) is 11.6 Å². The van der Waals surface area contributed by atoms with Crippen LogP contribution in [0.25, 0.3) is 0 Å². The van der Waals surface area contributed by atoms with Crippen LogP contribution < -0.4 is 4.31 Å². The monoisotopic (exact) mass is 309 g/mol. The lowest BCUT2D eigenvalue weighted by Crippen LogP contribution is -2.30. The number of anilines is 1. The summed E-state index contributed by atoms with van der Waals surface area (Å²) in [6, 6.07) is 13.7. The van der Waals surface area contributed by atoms with Gasteiger partial charge in [0.2, 0.25) is 0 Å². The largest absolute Gasteiger partial charge is 0.267 e. The molecule has 5 heteroatoms. The second kappa shape index (κ2) is 5.85. The minimum Gasteiger partial charge on any atom is -0.267 e. The van der Waals surface area contributed by atoms with Gasteiger partial charge in [0.25, 0.3) is 10.0 Å². The van der Waals surface area contributed by atoms with Gasteiger partial charge < -0.3 is 0 Å². The van der Waals surface area contributed by atoms with Gasteiger partial charge in [-0.15, -0.1) is 0 Å². The smallest absolute Gasteiger partial charge is 0.264 e. The van der Waals surface area contributed by atoms with Crippen LogP contribution in [-0.2, 0) is 10.0 Å². The maximum atomic E-state index is 12.6. The molecule has 0 spiro atoms. The molecule has 106 valence electrons. The number of nitrogens with zero attached hydrogens (tertiary/aromatic N) is 1. The molecule has 0 aliphatic carbocycles. The van der Waals surface area contributed by atoms with Crippen LogP contribution in [0.2, 0.25) is 5.02 Å². The molecule has 0 heterocycles. The molecule has 0 fully saturated rings. The molecular formula is C15H16ClNO2S. The van der Waals surface area contributed by atoms with E-state index in [9.17, 15) is 8.42 Å². The van der Waals surface area contributed by atoms with Crippen molar-refractivity contribution in [2.75, 3.05) is 10.8 Å². The van der Waals surface area contributed by atoms with Crippen LogP contribution in [0.3, 0.4) is 0 Å². The molecule has 0 aromatic heterocycles. The van der Waals surface area contributed by atoms with E-state index in [-0.39, 0.29) is 4.90 Å². The van der Waals surface area contributed by atoms with Crippen molar-refractivity contribution in [3.05, 3.63) is 59.1 Å². The summed E-state index contributed by atoms with van der Waals surface area (Å²) >= 11 is 6.09. The van der Waals surface area contributed by atoms with Gasteiger partial charge in [0.1, 0.15) is 0 Å². The molecule has 2 aromatic carbocycles. The standard InChI is InChI=1S/C15H16ClNO2S/c1-3-17(13-10-9-12(2)15(16)11-13)20(18,19)14-7-5-4-6-8-14/h4-11H,3H2,1-2H3. The van der Waals surface area contributed by atoms with Crippen LogP contribution in [0.15, 0.2) is 53.4 Å². The first-order valence-corrected chi connectivity index (χ1v) is 8.12. The molecule has 0 unspecified atom stereocenters. The Morgan fingerprint density at radius 3 is 2.30 bits per heavy atom. The maximum absolute atomic E-state index is 12.6. The van der Waals surface area contributed by atoms with Gasteiger partial charge in [-0.05, 0) is 43.7 Å². The molecule has 0 radical (unpaired) electrons. The van der Waals surface area contributed by atoms with E-state index in [4.69, 9.17) is 11.6 Å². The van der Waals surface area contributed by atoms with E-state index >= 15 is 0 Å². The first-order valence-electron chi connectivity index (χ1n) is 6.30. The third-order valence-electron chi connectivity index (χ3n) is 3.06. The first kappa shape index (κ1) is 14.9. The van der Waals surface area contributed by atoms with Crippen LogP contribution in [0.1, 0.15) is 12.5 Å². The number of halogens is 1. The highest BCUT2D eigenvalue weighted by Gasteiger charge is 2.23. The molecule has 0 atom stereocenters. The van der Waals surface area contributed by atoms with Crippen molar-refractivity contribution in [2.45, 2.75) is 18.7 Å². The number of sulfonamides is 1. The summed E-state index contributed by atoms with van der Waals surface area (Å²) in [6.07, 6.45) is 0. The third kappa shape index (κ3) is 2.81. The Kier molecular flexibility index (Phi) is 4.35. The molecule has 20 heavy (non-hydrogen) atoms. The second-order valence-corrected chi connectivity index (χ2v) is 6.69. The highest BCUT2D eigenvalue weighted by molar-refractivity contribution is 7.92. The van der Waals surface area contributed by atoms with Crippen LogP contribution in [0.4, 0.5) is 5.69 Å². The molecule has 0 aliphatic rings. The fourth-order valence-corrected chi connectivity index (χ4v) is 3.61. The summed E-state index contributed by atoms with van der Waals surface area (Å²) in [5.74, 6) is 0. The molecule has 0 saturated heterocycles. The SMILES string of the molecule is CCN(c1ccc(C)c(Cl)c1)S(=O)(=O)c1ccccc1. The van der Waals surface area contributed by atoms with E-state index < -0.39 is 10.0 Å². The first-order chi connectivity index (χ1) is 9.46. The lowest BCUT2D eigenvalue weighted by Gasteiger charge is -2.23. The van der Waals surface area contributed by atoms with Crippen LogP contribution >= 0.6 is 11.6 Å². The second-order valence-electron chi connectivity index (χ2n) is 4.42. The molecular weight excluding hydrogens is 294 g/mol. The van der Waals surface area contributed by atoms with Crippen molar-refractivity contribution in [2.24, 2.45) is 0 Å². The van der Waals surface area contributed by atoms with E-state index in [1.807, 2.05) is 13.0 Å². The Hall–Kier alpha value is -1.52. The predicted molar refractivity (Wildman–Crippen MR) is 82.8 cm³/mol. The normalized spacial score (nSPS) is 11.3. The topological polar surface area (TPSA) is 37.4 Å². The van der Waals surface area contributed by atoms with E-state index in [2.05, 4.69) is 0 Å². The average Bonchev–Trinajstić information content (AvgIpc) is 2.44. The van der Waals surface area contributed by atoms with Gasteiger partial charge in [-0.1, -0.05) is 35.9 Å². The van der Waals surface area contributed by atoms with Crippen molar-refractivity contribution < 1.29 is 8.42 Å². The average molecular weight is 310 g/mol. The van der Waals surface area contributed by atoms with Gasteiger partial charge in [0.15, 0.2) is 0 Å². The fourth-order valence-electron chi connectivity index (χ4n) is 1.95. The summed E-state index contributed by atoms with van der Waals surface area (Å²) in [5.41, 5.74) is 1.50. The van der Waals surface area contributed by atoms with Crippen molar-refractivity contribution in [1.82, 2.24) is 0 Å². The van der Waals surface area contributed by atoms with Gasteiger partial charge >= 0.3 is 0 Å². The van der Waals surface area contributed by atoms with Crippen LogP contribution in [-0.4, -0.2) is 15.0 Å². The summed E-state index contributed by atoms with van der Waals surface area (Å²) < 4.78 is 26.6. The maximum Gasteiger partial charge on any atom is 0.264 e. The number of aryl methyl sites for hydroxylation is 1. The summed E-state index contributed by atoms with van der Waals surface area (Å²) in [4.78, 5) is 0.276. The number of hydrogen-bond donors (Lipinski definition) is 0. The van der Waals surface area contributed by atoms with Crippen molar-refractivity contribution in [1.29, 1.82) is 0 Å². The lowest BCUT2D eigenvalue weighted by molar-refractivity contribution is 0.592. The quantitative estimate of drug-likeness (QED) is 0.860. The lowest BCUT2D eigenvalue weighted by atomic mass is 10.2. The number of benzene rings is 2. The molecule has 0 N–H and O–H groups in total. The molecule has 3 nitrogen and oxygen atoms in total. The number of rotatable bonds is 4. The van der Waals surface area contributed by atoms with Gasteiger partial charge in [-0.25, -0.2) is 8.42 Å². The summed E-state index contributed by atoms with van der Waals surface area (Å²) in [6.45, 7) is 4.03. The molecule has 0 saturated carbocycles. The van der Waals surface area contributed by atoms with Gasteiger partial charge in [-0.3, -0.25) is 4.31 Å². The van der Waals surface area contributed by atoms with Gasteiger partial charge in [0.05, 0.1) is 10.6 Å². The summed E-state index contributed by atoms with van der Waals surface area (Å²) in [7, 11) is -3.56. The van der Waals surface area contributed by atoms with Crippen molar-refractivity contribution in [3.8, 4) is 0 Å². The zero-order valence-corrected chi connectivity index (χ0v) is 12.9. The Bertz CT molecular complexity index is 699. The molecule has 2 aromatic rings. The van der Waals surface area contributed by atoms with Crippen molar-refractivity contribution >= 4 is 27.3 Å². The van der Waals surface area contributed by atoms with E-state index in [0.717, 1.165) is 5.56 Å². The van der Waals surface area contributed by atoms with Gasteiger partial charge in [-0.2, -0.15) is 0 Å². The predicted octanol–water partition coefficient (Wildman–Crippen LogP) is 3.86. The Labute approximate surface area is 124 Å². The summed E-state index contributed by atoms with van der Waals surface area (Å²) in [5, 5.41) is 0.559. The van der Waals surface area contributed by atoms with E-state index in [1.54, 1.807) is 49.4 Å². The van der Waals surface area contributed by atoms with Crippen molar-refractivity contribution in [3.63, 3.8) is 0 Å². The minimum absolute atomic E-state index is 0.276. The molecule has 0 aliphatic heterocycles. The van der Waals surface area contributed by atoms with Crippen LogP contribution in [0, 0.1) is 6.92 Å². The van der Waals surface area contributed by atoms with E-state index in [1.165, 1.54) is 4.31 Å². The number of hydrogen-bond acceptors (Lipinski definition) is 2. The minimum atomic E-state index is -3.56. The zero-order valence-electron chi connectivity index (χ0n) is 11.4. The van der Waals surface area contributed by atoms with Crippen LogP contribution in [0.5, 0.6) is 0 Å². The highest BCUT2D eigenvalue weighted by atomic mass is 35.5. The highest BCUT2D eigenvalue weighted by Crippen LogP contribution is 2.27. The Morgan fingerprint density at radius 2 is 1.75 bits per heavy atom. The third-order valence-corrected chi connectivity index (χ3v) is 5.39. The zero-order chi connectivity index (χ0) is 14.8. The fraction of sp³-hybridized carbons (Fsp3) is 0.200. The Morgan fingerprint density at radius 1 is 1.10 bits per heavy atom. The molecule has 0 amide bonds. The Balaban J connectivity index is 2.49.